The summed E-state index contributed by atoms with van der Waals surface area (Å²) in [5, 5.41) is 5.63. The van der Waals surface area contributed by atoms with Crippen LogP contribution in [0.15, 0.2) is 53.6 Å². The molecule has 0 aliphatic carbocycles. The van der Waals surface area contributed by atoms with E-state index in [2.05, 4.69) is 15.5 Å². The number of hydrogen-bond acceptors (Lipinski definition) is 2. The van der Waals surface area contributed by atoms with Crippen LogP contribution in [0.1, 0.15) is 21.6 Å². The minimum atomic E-state index is -0.295. The molecule has 0 bridgehead atoms. The number of fused-ring (bicyclic) bond motifs is 1. The third kappa shape index (κ3) is 2.87. The number of carbonyl (C=O) groups is 1. The Bertz CT molecular complexity index is 867. The molecular formula is C17H14ClN3O. The summed E-state index contributed by atoms with van der Waals surface area (Å²) in [7, 11) is 0. The van der Waals surface area contributed by atoms with Crippen molar-refractivity contribution < 1.29 is 4.79 Å². The Kier molecular flexibility index (Phi) is 3.94. The first kappa shape index (κ1) is 14.4. The van der Waals surface area contributed by atoms with Crippen molar-refractivity contribution in [3.63, 3.8) is 0 Å². The lowest BCUT2D eigenvalue weighted by atomic mass is 10.1. The van der Waals surface area contributed by atoms with Crippen molar-refractivity contribution in [1.29, 1.82) is 0 Å². The molecule has 0 spiro atoms. The molecule has 0 saturated heterocycles. The molecule has 22 heavy (non-hydrogen) atoms. The monoisotopic (exact) mass is 311 g/mol. The Morgan fingerprint density at radius 3 is 2.86 bits per heavy atom. The molecule has 0 aliphatic rings. The van der Waals surface area contributed by atoms with E-state index in [4.69, 9.17) is 11.6 Å². The molecule has 3 rings (SSSR count). The lowest BCUT2D eigenvalue weighted by Crippen LogP contribution is -2.17. The molecular weight excluding hydrogens is 298 g/mol. The first-order chi connectivity index (χ1) is 10.6. The normalized spacial score (nSPS) is 11.2. The number of hydrogen-bond donors (Lipinski definition) is 2. The molecule has 0 fully saturated rings. The summed E-state index contributed by atoms with van der Waals surface area (Å²) in [5.74, 6) is -0.295. The number of halogens is 1. The molecule has 0 atom stereocenters. The second kappa shape index (κ2) is 6.03. The van der Waals surface area contributed by atoms with Gasteiger partial charge in [-0.2, -0.15) is 5.10 Å². The maximum Gasteiger partial charge on any atom is 0.271 e. The lowest BCUT2D eigenvalue weighted by molar-refractivity contribution is 0.0955. The number of benzene rings is 2. The first-order valence-corrected chi connectivity index (χ1v) is 7.19. The average Bonchev–Trinajstić information content (AvgIpc) is 2.83. The van der Waals surface area contributed by atoms with Crippen LogP contribution in [-0.4, -0.2) is 17.1 Å². The minimum absolute atomic E-state index is 0.295. The number of rotatable bonds is 3. The van der Waals surface area contributed by atoms with E-state index in [1.165, 1.54) is 0 Å². The molecule has 5 heteroatoms. The molecule has 2 aromatic carbocycles. The fraction of sp³-hybridized carbons (Fsp3) is 0.0588. The zero-order valence-corrected chi connectivity index (χ0v) is 12.7. The summed E-state index contributed by atoms with van der Waals surface area (Å²) < 4.78 is 0. The number of hydrazone groups is 1. The summed E-state index contributed by atoms with van der Waals surface area (Å²) in [6.45, 7) is 1.97. The van der Waals surface area contributed by atoms with Crippen molar-refractivity contribution >= 4 is 34.6 Å². The second-order valence-electron chi connectivity index (χ2n) is 4.92. The molecule has 1 amide bonds. The number of nitrogens with one attached hydrogen (secondary N) is 2. The minimum Gasteiger partial charge on any atom is -0.358 e. The standard InChI is InChI=1S/C17H14ClN3O/c1-11-15(14-7-2-3-8-16(14)20-11)10-19-21-17(22)12-5-4-6-13(18)9-12/h2-10,20H,1H3,(H,21,22). The summed E-state index contributed by atoms with van der Waals surface area (Å²) in [6, 6.07) is 14.7. The molecule has 1 aromatic heterocycles. The SMILES string of the molecule is Cc1[nH]c2ccccc2c1C=NNC(=O)c1cccc(Cl)c1. The van der Waals surface area contributed by atoms with Gasteiger partial charge in [-0.1, -0.05) is 35.9 Å². The predicted octanol–water partition coefficient (Wildman–Crippen LogP) is 3.89. The Morgan fingerprint density at radius 2 is 2.05 bits per heavy atom. The van der Waals surface area contributed by atoms with Crippen LogP contribution in [0, 0.1) is 6.92 Å². The van der Waals surface area contributed by atoms with Crippen LogP contribution in [0.3, 0.4) is 0 Å². The number of aryl methyl sites for hydroxylation is 1. The maximum atomic E-state index is 12.0. The second-order valence-corrected chi connectivity index (χ2v) is 5.36. The van der Waals surface area contributed by atoms with Crippen LogP contribution in [0.5, 0.6) is 0 Å². The maximum absolute atomic E-state index is 12.0. The zero-order valence-electron chi connectivity index (χ0n) is 11.9. The van der Waals surface area contributed by atoms with Gasteiger partial charge in [-0.25, -0.2) is 5.43 Å². The van der Waals surface area contributed by atoms with Crippen LogP contribution in [0.2, 0.25) is 5.02 Å². The van der Waals surface area contributed by atoms with E-state index >= 15 is 0 Å². The first-order valence-electron chi connectivity index (χ1n) is 6.81. The lowest BCUT2D eigenvalue weighted by Gasteiger charge is -2.00. The van der Waals surface area contributed by atoms with E-state index in [1.54, 1.807) is 30.5 Å². The van der Waals surface area contributed by atoms with E-state index < -0.39 is 0 Å². The Balaban J connectivity index is 1.79. The van der Waals surface area contributed by atoms with Crippen LogP contribution in [0.25, 0.3) is 10.9 Å². The third-order valence-corrected chi connectivity index (χ3v) is 3.63. The van der Waals surface area contributed by atoms with Crippen LogP contribution >= 0.6 is 11.6 Å². The number of aromatic nitrogens is 1. The van der Waals surface area contributed by atoms with Crippen molar-refractivity contribution in [2.45, 2.75) is 6.92 Å². The van der Waals surface area contributed by atoms with Gasteiger partial charge >= 0.3 is 0 Å². The van der Waals surface area contributed by atoms with Crippen molar-refractivity contribution in [2.75, 3.05) is 0 Å². The van der Waals surface area contributed by atoms with Crippen LogP contribution in [0.4, 0.5) is 0 Å². The van der Waals surface area contributed by atoms with Gasteiger partial charge in [0.05, 0.1) is 6.21 Å². The van der Waals surface area contributed by atoms with E-state index in [-0.39, 0.29) is 5.91 Å². The molecule has 0 aliphatic heterocycles. The van der Waals surface area contributed by atoms with Gasteiger partial charge in [0.15, 0.2) is 0 Å². The highest BCUT2D eigenvalue weighted by molar-refractivity contribution is 6.30. The van der Waals surface area contributed by atoms with Gasteiger partial charge < -0.3 is 4.98 Å². The largest absolute Gasteiger partial charge is 0.358 e. The average molecular weight is 312 g/mol. The molecule has 3 aromatic rings. The van der Waals surface area contributed by atoms with Crippen molar-refractivity contribution in [3.05, 3.63) is 70.4 Å². The summed E-state index contributed by atoms with van der Waals surface area (Å²) in [4.78, 5) is 15.3. The Morgan fingerprint density at radius 1 is 1.23 bits per heavy atom. The van der Waals surface area contributed by atoms with Crippen molar-refractivity contribution in [1.82, 2.24) is 10.4 Å². The Labute approximate surface area is 132 Å². The zero-order chi connectivity index (χ0) is 15.5. The molecule has 110 valence electrons. The highest BCUT2D eigenvalue weighted by Gasteiger charge is 2.06. The summed E-state index contributed by atoms with van der Waals surface area (Å²) in [5.41, 5.74) is 5.99. The third-order valence-electron chi connectivity index (χ3n) is 3.39. The number of aromatic amines is 1. The number of nitrogens with zero attached hydrogens (tertiary/aromatic N) is 1. The van der Waals surface area contributed by atoms with Gasteiger partial charge in [0.25, 0.3) is 5.91 Å². The van der Waals surface area contributed by atoms with Crippen molar-refractivity contribution in [2.24, 2.45) is 5.10 Å². The highest BCUT2D eigenvalue weighted by atomic mass is 35.5. The quantitative estimate of drug-likeness (QED) is 0.559. The molecule has 2 N–H and O–H groups in total. The topological polar surface area (TPSA) is 57.2 Å². The number of amides is 1. The van der Waals surface area contributed by atoms with Gasteiger partial charge in [-0.15, -0.1) is 0 Å². The molecule has 0 radical (unpaired) electrons. The van der Waals surface area contributed by atoms with Gasteiger partial charge in [-0.05, 0) is 31.2 Å². The van der Waals surface area contributed by atoms with Crippen LogP contribution in [-0.2, 0) is 0 Å². The van der Waals surface area contributed by atoms with Gasteiger partial charge in [-0.3, -0.25) is 4.79 Å². The Hall–Kier alpha value is -2.59. The fourth-order valence-corrected chi connectivity index (χ4v) is 2.50. The molecule has 0 unspecified atom stereocenters. The van der Waals surface area contributed by atoms with Gasteiger partial charge in [0.1, 0.15) is 0 Å². The van der Waals surface area contributed by atoms with E-state index in [0.29, 0.717) is 10.6 Å². The summed E-state index contributed by atoms with van der Waals surface area (Å²) >= 11 is 5.87. The van der Waals surface area contributed by atoms with Gasteiger partial charge in [0.2, 0.25) is 0 Å². The van der Waals surface area contributed by atoms with E-state index in [1.807, 2.05) is 31.2 Å². The number of carbonyl (C=O) groups excluding carboxylic acids is 1. The van der Waals surface area contributed by atoms with Crippen LogP contribution < -0.4 is 5.43 Å². The highest BCUT2D eigenvalue weighted by Crippen LogP contribution is 2.19. The van der Waals surface area contributed by atoms with E-state index in [0.717, 1.165) is 22.2 Å². The van der Waals surface area contributed by atoms with Crippen molar-refractivity contribution in [3.8, 4) is 0 Å². The molecule has 4 nitrogen and oxygen atoms in total. The van der Waals surface area contributed by atoms with Gasteiger partial charge in [0, 0.05) is 32.7 Å². The number of H-pyrrole nitrogens is 1. The fourth-order valence-electron chi connectivity index (χ4n) is 2.31. The summed E-state index contributed by atoms with van der Waals surface area (Å²) in [6.07, 6.45) is 1.65. The predicted molar refractivity (Wildman–Crippen MR) is 89.5 cm³/mol. The molecule has 0 saturated carbocycles. The molecule has 1 heterocycles. The number of para-hydroxylation sites is 1. The van der Waals surface area contributed by atoms with E-state index in [9.17, 15) is 4.79 Å². The smallest absolute Gasteiger partial charge is 0.271 e.